The zero-order chi connectivity index (χ0) is 18.0. The molecule has 0 aromatic heterocycles. The molecule has 0 bridgehead atoms. The molecule has 0 fully saturated rings. The number of anilines is 1. The molecule has 0 saturated heterocycles. The van der Waals surface area contributed by atoms with E-state index in [1.807, 2.05) is 24.4 Å². The van der Waals surface area contributed by atoms with Crippen molar-refractivity contribution >= 4 is 17.1 Å². The summed E-state index contributed by atoms with van der Waals surface area (Å²) >= 11 is 0. The summed E-state index contributed by atoms with van der Waals surface area (Å²) in [7, 11) is 5.41. The van der Waals surface area contributed by atoms with Gasteiger partial charge in [0.15, 0.2) is 5.71 Å². The van der Waals surface area contributed by atoms with Crippen molar-refractivity contribution in [2.45, 2.75) is 19.3 Å². The molecule has 1 N–H and O–H groups in total. The summed E-state index contributed by atoms with van der Waals surface area (Å²) in [4.78, 5) is 0. The third-order valence-electron chi connectivity index (χ3n) is 4.83. The summed E-state index contributed by atoms with van der Waals surface area (Å²) in [5, 5.41) is 3.32. The highest BCUT2D eigenvalue weighted by Crippen LogP contribution is 2.39. The number of hydrogen-bond donors (Lipinski definition) is 1. The average molecular weight is 337 g/mol. The molecule has 4 nitrogen and oxygen atoms in total. The normalized spacial score (nSPS) is 15.4. The molecule has 2 aromatic rings. The average Bonchev–Trinajstić information content (AvgIpc) is 2.82. The van der Waals surface area contributed by atoms with Crippen LogP contribution in [0.3, 0.4) is 0 Å². The molecule has 0 radical (unpaired) electrons. The van der Waals surface area contributed by atoms with Crippen molar-refractivity contribution in [3.05, 3.63) is 60.3 Å². The molecule has 1 aliphatic rings. The Hall–Kier alpha value is -2.75. The number of benzene rings is 2. The maximum atomic E-state index is 5.43. The Morgan fingerprint density at radius 3 is 2.48 bits per heavy atom. The summed E-state index contributed by atoms with van der Waals surface area (Å²) in [6, 6.07) is 14.3. The van der Waals surface area contributed by atoms with E-state index in [1.54, 1.807) is 14.2 Å². The van der Waals surface area contributed by atoms with E-state index in [0.717, 1.165) is 17.2 Å². The van der Waals surface area contributed by atoms with Gasteiger partial charge in [-0.2, -0.15) is 4.58 Å². The standard InChI is InChI=1S/C21H24N2O2/c1-21(2)16-8-6-7-9-18(16)23(3)20(21)12-13-22-17-11-10-15(24-4)14-19(17)25-5/h6-14H,1-5H3/p+1. The molecule has 0 saturated carbocycles. The van der Waals surface area contributed by atoms with Crippen molar-refractivity contribution in [3.8, 4) is 11.5 Å². The van der Waals surface area contributed by atoms with E-state index in [2.05, 4.69) is 61.1 Å². The topological polar surface area (TPSA) is 33.5 Å². The van der Waals surface area contributed by atoms with Crippen molar-refractivity contribution in [3.63, 3.8) is 0 Å². The number of allylic oxidation sites excluding steroid dienone is 1. The molecule has 1 heterocycles. The van der Waals surface area contributed by atoms with E-state index in [4.69, 9.17) is 9.47 Å². The predicted molar refractivity (Wildman–Crippen MR) is 103 cm³/mol. The minimum atomic E-state index is -0.0342. The number of nitrogens with one attached hydrogen (secondary N) is 1. The number of para-hydroxylation sites is 1. The van der Waals surface area contributed by atoms with Crippen LogP contribution in [0.2, 0.25) is 0 Å². The van der Waals surface area contributed by atoms with E-state index in [1.165, 1.54) is 17.0 Å². The van der Waals surface area contributed by atoms with Crippen LogP contribution >= 0.6 is 0 Å². The summed E-state index contributed by atoms with van der Waals surface area (Å²) in [5.41, 5.74) is 4.71. The molecule has 0 amide bonds. The van der Waals surface area contributed by atoms with Crippen molar-refractivity contribution < 1.29 is 14.0 Å². The van der Waals surface area contributed by atoms with Crippen LogP contribution in [0.5, 0.6) is 11.5 Å². The van der Waals surface area contributed by atoms with E-state index >= 15 is 0 Å². The molecule has 130 valence electrons. The van der Waals surface area contributed by atoms with E-state index < -0.39 is 0 Å². The first kappa shape index (κ1) is 17.1. The van der Waals surface area contributed by atoms with Gasteiger partial charge in [-0.25, -0.2) is 0 Å². The fraction of sp³-hybridized carbons (Fsp3) is 0.286. The van der Waals surface area contributed by atoms with Gasteiger partial charge in [-0.05, 0) is 26.0 Å². The Morgan fingerprint density at radius 2 is 1.80 bits per heavy atom. The fourth-order valence-electron chi connectivity index (χ4n) is 3.43. The second kappa shape index (κ2) is 6.63. The maximum absolute atomic E-state index is 5.43. The molecule has 0 aliphatic carbocycles. The lowest BCUT2D eigenvalue weighted by molar-refractivity contribution is -0.401. The van der Waals surface area contributed by atoms with Crippen LogP contribution in [0.1, 0.15) is 19.4 Å². The summed E-state index contributed by atoms with van der Waals surface area (Å²) < 4.78 is 12.9. The minimum Gasteiger partial charge on any atom is -0.497 e. The highest BCUT2D eigenvalue weighted by Gasteiger charge is 2.42. The Bertz CT molecular complexity index is 851. The minimum absolute atomic E-state index is 0.0342. The molecule has 1 aliphatic heterocycles. The zero-order valence-corrected chi connectivity index (χ0v) is 15.5. The molecular weight excluding hydrogens is 312 g/mol. The molecular formula is C21H25N2O2+. The van der Waals surface area contributed by atoms with Crippen molar-refractivity contribution in [1.82, 2.24) is 0 Å². The van der Waals surface area contributed by atoms with Crippen LogP contribution in [0.4, 0.5) is 11.4 Å². The molecule has 3 rings (SSSR count). The van der Waals surface area contributed by atoms with Crippen LogP contribution in [-0.2, 0) is 5.41 Å². The molecule has 0 spiro atoms. The van der Waals surface area contributed by atoms with Gasteiger partial charge in [0.05, 0.1) is 25.3 Å². The molecule has 0 atom stereocenters. The Labute approximate surface area is 149 Å². The molecule has 2 aromatic carbocycles. The quantitative estimate of drug-likeness (QED) is 0.824. The van der Waals surface area contributed by atoms with Gasteiger partial charge in [-0.15, -0.1) is 0 Å². The van der Waals surface area contributed by atoms with Gasteiger partial charge in [0.1, 0.15) is 18.5 Å². The van der Waals surface area contributed by atoms with Gasteiger partial charge in [0.2, 0.25) is 5.69 Å². The van der Waals surface area contributed by atoms with Gasteiger partial charge in [0.25, 0.3) is 0 Å². The first-order chi connectivity index (χ1) is 12.0. The highest BCUT2D eigenvalue weighted by atomic mass is 16.5. The number of nitrogens with zero attached hydrogens (tertiary/aromatic N) is 1. The summed E-state index contributed by atoms with van der Waals surface area (Å²) in [6.45, 7) is 4.51. The number of rotatable bonds is 5. The van der Waals surface area contributed by atoms with Gasteiger partial charge >= 0.3 is 0 Å². The zero-order valence-electron chi connectivity index (χ0n) is 15.5. The molecule has 4 heteroatoms. The smallest absolute Gasteiger partial charge is 0.209 e. The number of hydrogen-bond acceptors (Lipinski definition) is 3. The van der Waals surface area contributed by atoms with Gasteiger partial charge < -0.3 is 14.8 Å². The number of methoxy groups -OCH3 is 2. The van der Waals surface area contributed by atoms with E-state index in [0.29, 0.717) is 0 Å². The van der Waals surface area contributed by atoms with Crippen LogP contribution in [-0.4, -0.2) is 31.6 Å². The first-order valence-electron chi connectivity index (χ1n) is 8.35. The van der Waals surface area contributed by atoms with Gasteiger partial charge in [-0.3, -0.25) is 0 Å². The first-order valence-corrected chi connectivity index (χ1v) is 8.35. The number of fused-ring (bicyclic) bond motifs is 1. The van der Waals surface area contributed by atoms with Crippen LogP contribution < -0.4 is 14.8 Å². The van der Waals surface area contributed by atoms with E-state index in [-0.39, 0.29) is 5.41 Å². The Balaban J connectivity index is 1.85. The monoisotopic (exact) mass is 337 g/mol. The molecule has 0 unspecified atom stereocenters. The third-order valence-corrected chi connectivity index (χ3v) is 4.83. The SMILES string of the molecule is COc1ccc(N/C=C/C2=[N+](C)c3ccccc3C2(C)C)c(OC)c1. The second-order valence-electron chi connectivity index (χ2n) is 6.63. The predicted octanol–water partition coefficient (Wildman–Crippen LogP) is 4.34. The van der Waals surface area contributed by atoms with Crippen LogP contribution in [0.15, 0.2) is 54.7 Å². The highest BCUT2D eigenvalue weighted by molar-refractivity contribution is 6.03. The van der Waals surface area contributed by atoms with Crippen molar-refractivity contribution in [2.75, 3.05) is 26.6 Å². The largest absolute Gasteiger partial charge is 0.497 e. The lowest BCUT2D eigenvalue weighted by atomic mass is 9.81. The summed E-state index contributed by atoms with van der Waals surface area (Å²) in [6.07, 6.45) is 4.09. The van der Waals surface area contributed by atoms with Crippen molar-refractivity contribution in [2.24, 2.45) is 0 Å². The van der Waals surface area contributed by atoms with Gasteiger partial charge in [-0.1, -0.05) is 18.2 Å². The molecule has 25 heavy (non-hydrogen) atoms. The van der Waals surface area contributed by atoms with Crippen LogP contribution in [0, 0.1) is 0 Å². The lowest BCUT2D eigenvalue weighted by Gasteiger charge is -2.15. The second-order valence-corrected chi connectivity index (χ2v) is 6.63. The van der Waals surface area contributed by atoms with Crippen LogP contribution in [0.25, 0.3) is 0 Å². The van der Waals surface area contributed by atoms with Gasteiger partial charge in [0, 0.05) is 30.0 Å². The fourth-order valence-corrected chi connectivity index (χ4v) is 3.43. The van der Waals surface area contributed by atoms with Crippen molar-refractivity contribution in [1.29, 1.82) is 0 Å². The van der Waals surface area contributed by atoms with E-state index in [9.17, 15) is 0 Å². The maximum Gasteiger partial charge on any atom is 0.209 e. The Kier molecular flexibility index (Phi) is 4.53. The lowest BCUT2D eigenvalue weighted by Crippen LogP contribution is -2.26. The third kappa shape index (κ3) is 3.00. The number of ether oxygens (including phenoxy) is 2. The Morgan fingerprint density at radius 1 is 1.04 bits per heavy atom. The summed E-state index contributed by atoms with van der Waals surface area (Å²) in [5.74, 6) is 1.52.